The lowest BCUT2D eigenvalue weighted by Crippen LogP contribution is -2.48. The van der Waals surface area contributed by atoms with Crippen LogP contribution in [0.25, 0.3) is 0 Å². The quantitative estimate of drug-likeness (QED) is 0.909. The first-order chi connectivity index (χ1) is 8.28. The lowest BCUT2D eigenvalue weighted by molar-refractivity contribution is 0.199. The Bertz CT molecular complexity index is 359. The van der Waals surface area contributed by atoms with Gasteiger partial charge in [0.2, 0.25) is 0 Å². The summed E-state index contributed by atoms with van der Waals surface area (Å²) >= 11 is 0. The molecular weight excluding hydrogens is 248 g/mol. The zero-order valence-electron chi connectivity index (χ0n) is 11.2. The molecule has 3 nitrogen and oxygen atoms in total. The average molecular weight is 271 g/mol. The number of rotatable bonds is 4. The van der Waals surface area contributed by atoms with Gasteiger partial charge in [-0.25, -0.2) is 0 Å². The summed E-state index contributed by atoms with van der Waals surface area (Å²) < 4.78 is 5.53. The molecule has 4 heteroatoms. The number of benzene rings is 1. The van der Waals surface area contributed by atoms with Crippen LogP contribution in [0, 0.1) is 0 Å². The second-order valence-electron chi connectivity index (χ2n) is 4.67. The summed E-state index contributed by atoms with van der Waals surface area (Å²) in [6, 6.07) is 9.02. The molecule has 0 bridgehead atoms. The van der Waals surface area contributed by atoms with Gasteiger partial charge in [0.15, 0.2) is 0 Å². The first-order valence-electron chi connectivity index (χ1n) is 6.45. The number of hydrogen-bond donors (Lipinski definition) is 1. The third-order valence-electron chi connectivity index (χ3n) is 3.07. The van der Waals surface area contributed by atoms with E-state index in [0.717, 1.165) is 38.5 Å². The molecule has 0 amide bonds. The third kappa shape index (κ3) is 4.48. The lowest BCUT2D eigenvalue weighted by Gasteiger charge is -2.31. The smallest absolute Gasteiger partial charge is 0.119 e. The summed E-state index contributed by atoms with van der Waals surface area (Å²) in [6.07, 6.45) is 0. The first-order valence-corrected chi connectivity index (χ1v) is 6.45. The molecule has 1 heterocycles. The maximum atomic E-state index is 5.53. The number of piperazine rings is 1. The molecule has 18 heavy (non-hydrogen) atoms. The predicted octanol–water partition coefficient (Wildman–Crippen LogP) is 2.30. The molecule has 0 aliphatic carbocycles. The molecule has 1 fully saturated rings. The van der Waals surface area contributed by atoms with E-state index < -0.39 is 0 Å². The summed E-state index contributed by atoms with van der Waals surface area (Å²) in [5.41, 5.74) is 1.34. The zero-order valence-corrected chi connectivity index (χ0v) is 12.0. The largest absolute Gasteiger partial charge is 0.494 e. The van der Waals surface area contributed by atoms with Crippen molar-refractivity contribution in [3.8, 4) is 5.75 Å². The molecule has 0 aromatic heterocycles. The van der Waals surface area contributed by atoms with Crippen LogP contribution in [-0.2, 0) is 6.54 Å². The molecule has 102 valence electrons. The van der Waals surface area contributed by atoms with Crippen LogP contribution in [0.5, 0.6) is 5.75 Å². The topological polar surface area (TPSA) is 24.5 Å². The van der Waals surface area contributed by atoms with Crippen molar-refractivity contribution in [2.24, 2.45) is 0 Å². The van der Waals surface area contributed by atoms with Crippen LogP contribution < -0.4 is 10.1 Å². The van der Waals surface area contributed by atoms with E-state index in [9.17, 15) is 0 Å². The van der Waals surface area contributed by atoms with Crippen molar-refractivity contribution >= 4 is 12.4 Å². The van der Waals surface area contributed by atoms with Gasteiger partial charge >= 0.3 is 0 Å². The van der Waals surface area contributed by atoms with Crippen molar-refractivity contribution in [3.05, 3.63) is 29.8 Å². The van der Waals surface area contributed by atoms with Gasteiger partial charge in [-0.2, -0.15) is 0 Å². The molecule has 1 aromatic rings. The van der Waals surface area contributed by atoms with E-state index in [1.807, 2.05) is 13.0 Å². The van der Waals surface area contributed by atoms with E-state index in [1.165, 1.54) is 5.56 Å². The van der Waals surface area contributed by atoms with Gasteiger partial charge in [-0.3, -0.25) is 4.90 Å². The Labute approximate surface area is 116 Å². The summed E-state index contributed by atoms with van der Waals surface area (Å²) in [4.78, 5) is 2.49. The van der Waals surface area contributed by atoms with E-state index in [0.29, 0.717) is 6.04 Å². The Balaban J connectivity index is 0.00000162. The van der Waals surface area contributed by atoms with Gasteiger partial charge in [0, 0.05) is 32.2 Å². The SMILES string of the molecule is CCOc1cccc(CN2CCNC(C)C2)c1.Cl. The fourth-order valence-corrected chi connectivity index (χ4v) is 2.31. The summed E-state index contributed by atoms with van der Waals surface area (Å²) in [5.74, 6) is 0.980. The van der Waals surface area contributed by atoms with E-state index in [-0.39, 0.29) is 12.4 Å². The Hall–Kier alpha value is -0.770. The fourth-order valence-electron chi connectivity index (χ4n) is 2.31. The van der Waals surface area contributed by atoms with Crippen LogP contribution in [0.15, 0.2) is 24.3 Å². The second-order valence-corrected chi connectivity index (χ2v) is 4.67. The molecular formula is C14H23ClN2O. The maximum absolute atomic E-state index is 5.53. The van der Waals surface area contributed by atoms with E-state index >= 15 is 0 Å². The Morgan fingerprint density at radius 3 is 3.00 bits per heavy atom. The van der Waals surface area contributed by atoms with Crippen molar-refractivity contribution < 1.29 is 4.74 Å². The minimum atomic E-state index is 0. The number of hydrogen-bond acceptors (Lipinski definition) is 3. The van der Waals surface area contributed by atoms with Gasteiger partial charge in [0.25, 0.3) is 0 Å². The van der Waals surface area contributed by atoms with Gasteiger partial charge in [0.1, 0.15) is 5.75 Å². The Kier molecular flexibility index (Phi) is 6.47. The lowest BCUT2D eigenvalue weighted by atomic mass is 10.1. The fraction of sp³-hybridized carbons (Fsp3) is 0.571. The molecule has 1 aromatic carbocycles. The van der Waals surface area contributed by atoms with Crippen molar-refractivity contribution in [2.45, 2.75) is 26.4 Å². The van der Waals surface area contributed by atoms with Gasteiger partial charge < -0.3 is 10.1 Å². The molecule has 0 radical (unpaired) electrons. The van der Waals surface area contributed by atoms with E-state index in [4.69, 9.17) is 4.74 Å². The van der Waals surface area contributed by atoms with Crippen molar-refractivity contribution in [1.82, 2.24) is 10.2 Å². The zero-order chi connectivity index (χ0) is 12.1. The monoisotopic (exact) mass is 270 g/mol. The number of nitrogens with zero attached hydrogens (tertiary/aromatic N) is 1. The van der Waals surface area contributed by atoms with Crippen LogP contribution >= 0.6 is 12.4 Å². The number of halogens is 1. The first kappa shape index (κ1) is 15.3. The van der Waals surface area contributed by atoms with Crippen molar-refractivity contribution in [2.75, 3.05) is 26.2 Å². The number of ether oxygens (including phenoxy) is 1. The van der Waals surface area contributed by atoms with Gasteiger partial charge in [-0.05, 0) is 31.5 Å². The van der Waals surface area contributed by atoms with Crippen LogP contribution in [0.4, 0.5) is 0 Å². The highest BCUT2D eigenvalue weighted by Crippen LogP contribution is 2.15. The minimum absolute atomic E-state index is 0. The highest BCUT2D eigenvalue weighted by atomic mass is 35.5. The molecule has 1 saturated heterocycles. The molecule has 1 atom stereocenters. The van der Waals surface area contributed by atoms with Crippen LogP contribution in [-0.4, -0.2) is 37.2 Å². The summed E-state index contributed by atoms with van der Waals surface area (Å²) in [6.45, 7) is 9.35. The Morgan fingerprint density at radius 2 is 2.28 bits per heavy atom. The summed E-state index contributed by atoms with van der Waals surface area (Å²) in [5, 5.41) is 3.46. The highest BCUT2D eigenvalue weighted by molar-refractivity contribution is 5.85. The van der Waals surface area contributed by atoms with Crippen LogP contribution in [0.2, 0.25) is 0 Å². The molecule has 1 N–H and O–H groups in total. The second kappa shape index (κ2) is 7.62. The standard InChI is InChI=1S/C14H22N2O.ClH/c1-3-17-14-6-4-5-13(9-14)11-16-8-7-15-12(2)10-16;/h4-6,9,12,15H,3,7-8,10-11H2,1-2H3;1H. The minimum Gasteiger partial charge on any atom is -0.494 e. The molecule has 1 aliphatic heterocycles. The molecule has 0 saturated carbocycles. The average Bonchev–Trinajstić information content (AvgIpc) is 2.30. The van der Waals surface area contributed by atoms with Gasteiger partial charge in [0.05, 0.1) is 6.61 Å². The normalized spacial score (nSPS) is 20.2. The van der Waals surface area contributed by atoms with E-state index in [1.54, 1.807) is 0 Å². The molecule has 1 unspecified atom stereocenters. The van der Waals surface area contributed by atoms with E-state index in [2.05, 4.69) is 35.3 Å². The highest BCUT2D eigenvalue weighted by Gasteiger charge is 2.15. The van der Waals surface area contributed by atoms with Gasteiger partial charge in [-0.1, -0.05) is 12.1 Å². The van der Waals surface area contributed by atoms with Crippen LogP contribution in [0.1, 0.15) is 19.4 Å². The summed E-state index contributed by atoms with van der Waals surface area (Å²) in [7, 11) is 0. The predicted molar refractivity (Wildman–Crippen MR) is 77.6 cm³/mol. The van der Waals surface area contributed by atoms with Crippen LogP contribution in [0.3, 0.4) is 0 Å². The number of nitrogens with one attached hydrogen (secondary N) is 1. The Morgan fingerprint density at radius 1 is 1.44 bits per heavy atom. The van der Waals surface area contributed by atoms with Crippen molar-refractivity contribution in [3.63, 3.8) is 0 Å². The molecule has 1 aliphatic rings. The third-order valence-corrected chi connectivity index (χ3v) is 3.07. The van der Waals surface area contributed by atoms with Crippen molar-refractivity contribution in [1.29, 1.82) is 0 Å². The molecule has 2 rings (SSSR count). The molecule has 0 spiro atoms. The van der Waals surface area contributed by atoms with Gasteiger partial charge in [-0.15, -0.1) is 12.4 Å². The maximum Gasteiger partial charge on any atom is 0.119 e.